The van der Waals surface area contributed by atoms with E-state index in [1.807, 2.05) is 0 Å². The van der Waals surface area contributed by atoms with E-state index in [1.165, 1.54) is 25.8 Å². The molecular formula is C11H20N2. The molecule has 0 N–H and O–H groups in total. The predicted molar refractivity (Wildman–Crippen MR) is 54.3 cm³/mol. The highest BCUT2D eigenvalue weighted by Crippen LogP contribution is 2.27. The second kappa shape index (κ2) is 5.24. The van der Waals surface area contributed by atoms with E-state index in [0.29, 0.717) is 12.5 Å². The summed E-state index contributed by atoms with van der Waals surface area (Å²) in [5.41, 5.74) is 0. The van der Waals surface area contributed by atoms with Crippen LogP contribution in [0.15, 0.2) is 0 Å². The minimum atomic E-state index is 0.440. The van der Waals surface area contributed by atoms with Crippen LogP contribution in [0, 0.1) is 17.2 Å². The fourth-order valence-electron chi connectivity index (χ4n) is 1.89. The van der Waals surface area contributed by atoms with Crippen molar-refractivity contribution in [3.05, 3.63) is 0 Å². The molecule has 0 saturated heterocycles. The number of nitrogens with zero attached hydrogens (tertiary/aromatic N) is 2. The van der Waals surface area contributed by atoms with E-state index in [9.17, 15) is 0 Å². The lowest BCUT2D eigenvalue weighted by Crippen LogP contribution is -2.38. The molecule has 1 saturated carbocycles. The molecule has 0 aromatic heterocycles. The van der Waals surface area contributed by atoms with Gasteiger partial charge >= 0.3 is 0 Å². The van der Waals surface area contributed by atoms with Gasteiger partial charge in [-0.15, -0.1) is 0 Å². The molecule has 1 atom stereocenters. The van der Waals surface area contributed by atoms with Crippen LogP contribution < -0.4 is 0 Å². The van der Waals surface area contributed by atoms with E-state index >= 15 is 0 Å². The van der Waals surface area contributed by atoms with E-state index in [1.54, 1.807) is 0 Å². The molecule has 2 heteroatoms. The smallest absolute Gasteiger partial charge is 0.0638 e. The third kappa shape index (κ3) is 3.00. The maximum atomic E-state index is 8.61. The molecule has 1 fully saturated rings. The zero-order valence-corrected chi connectivity index (χ0v) is 8.79. The summed E-state index contributed by atoms with van der Waals surface area (Å²) in [5.74, 6) is 0.918. The summed E-state index contributed by atoms with van der Waals surface area (Å²) in [7, 11) is 0. The molecule has 0 spiro atoms. The number of hydrogen-bond donors (Lipinski definition) is 0. The third-order valence-electron chi connectivity index (χ3n) is 3.13. The molecule has 1 rings (SSSR count). The normalized spacial score (nSPS) is 19.5. The Kier molecular flexibility index (Phi) is 4.24. The topological polar surface area (TPSA) is 27.0 Å². The van der Waals surface area contributed by atoms with Crippen LogP contribution in [0.4, 0.5) is 0 Å². The van der Waals surface area contributed by atoms with Crippen LogP contribution in [0.25, 0.3) is 0 Å². The minimum Gasteiger partial charge on any atom is -0.300 e. The molecular weight excluding hydrogens is 160 g/mol. The lowest BCUT2D eigenvalue weighted by molar-refractivity contribution is 0.147. The highest BCUT2D eigenvalue weighted by atomic mass is 15.1. The first-order valence-electron chi connectivity index (χ1n) is 5.39. The van der Waals surface area contributed by atoms with Crippen LogP contribution in [-0.2, 0) is 0 Å². The van der Waals surface area contributed by atoms with Crippen LogP contribution in [-0.4, -0.2) is 24.0 Å². The number of hydrogen-bond acceptors (Lipinski definition) is 2. The lowest BCUT2D eigenvalue weighted by atomic mass is 9.85. The summed E-state index contributed by atoms with van der Waals surface area (Å²) in [6, 6.07) is 2.69. The van der Waals surface area contributed by atoms with Crippen LogP contribution in [0.5, 0.6) is 0 Å². The summed E-state index contributed by atoms with van der Waals surface area (Å²) < 4.78 is 0. The van der Waals surface area contributed by atoms with Crippen LogP contribution in [0.2, 0.25) is 0 Å². The van der Waals surface area contributed by atoms with Crippen molar-refractivity contribution in [2.24, 2.45) is 5.92 Å². The minimum absolute atomic E-state index is 0.440. The average molecular weight is 180 g/mol. The molecule has 1 aliphatic rings. The molecule has 0 radical (unpaired) electrons. The monoisotopic (exact) mass is 180 g/mol. The fourth-order valence-corrected chi connectivity index (χ4v) is 1.89. The zero-order valence-electron chi connectivity index (χ0n) is 8.79. The molecule has 1 unspecified atom stereocenters. The van der Waals surface area contributed by atoms with Gasteiger partial charge in [0.2, 0.25) is 0 Å². The van der Waals surface area contributed by atoms with Crippen LogP contribution in [0.3, 0.4) is 0 Å². The molecule has 0 amide bonds. The van der Waals surface area contributed by atoms with Crippen molar-refractivity contribution in [1.82, 2.24) is 4.90 Å². The van der Waals surface area contributed by atoms with Gasteiger partial charge in [0, 0.05) is 12.6 Å². The van der Waals surface area contributed by atoms with Crippen molar-refractivity contribution in [3.63, 3.8) is 0 Å². The van der Waals surface area contributed by atoms with Crippen molar-refractivity contribution >= 4 is 0 Å². The molecule has 0 aliphatic heterocycles. The SMILES string of the molecule is CCN(CC1CCC1)C(C)CC#N. The quantitative estimate of drug-likeness (QED) is 0.649. The Morgan fingerprint density at radius 3 is 2.62 bits per heavy atom. The van der Waals surface area contributed by atoms with Gasteiger partial charge in [-0.05, 0) is 32.2 Å². The molecule has 0 heterocycles. The summed E-state index contributed by atoms with van der Waals surface area (Å²) in [4.78, 5) is 2.44. The first-order chi connectivity index (χ1) is 6.27. The van der Waals surface area contributed by atoms with E-state index in [2.05, 4.69) is 24.8 Å². The van der Waals surface area contributed by atoms with Crippen molar-refractivity contribution in [2.45, 2.75) is 45.6 Å². The van der Waals surface area contributed by atoms with E-state index in [-0.39, 0.29) is 0 Å². The van der Waals surface area contributed by atoms with Gasteiger partial charge < -0.3 is 0 Å². The van der Waals surface area contributed by atoms with E-state index in [0.717, 1.165) is 12.5 Å². The Labute approximate surface area is 81.5 Å². The van der Waals surface area contributed by atoms with Crippen LogP contribution >= 0.6 is 0 Å². The Morgan fingerprint density at radius 2 is 2.23 bits per heavy atom. The first kappa shape index (κ1) is 10.5. The highest BCUT2D eigenvalue weighted by molar-refractivity contribution is 4.82. The molecule has 1 aliphatic carbocycles. The van der Waals surface area contributed by atoms with Gasteiger partial charge in [0.05, 0.1) is 12.5 Å². The Bertz CT molecular complexity index is 179. The second-order valence-electron chi connectivity index (χ2n) is 4.10. The number of nitriles is 1. The van der Waals surface area contributed by atoms with Gasteiger partial charge in [0.1, 0.15) is 0 Å². The third-order valence-corrected chi connectivity index (χ3v) is 3.13. The maximum absolute atomic E-state index is 8.61. The molecule has 0 aromatic rings. The lowest BCUT2D eigenvalue weighted by Gasteiger charge is -2.34. The summed E-state index contributed by atoms with van der Waals surface area (Å²) in [5, 5.41) is 8.61. The highest BCUT2D eigenvalue weighted by Gasteiger charge is 2.22. The van der Waals surface area contributed by atoms with Gasteiger partial charge in [-0.2, -0.15) is 5.26 Å². The second-order valence-corrected chi connectivity index (χ2v) is 4.10. The summed E-state index contributed by atoms with van der Waals surface area (Å²) in [6.07, 6.45) is 4.88. The zero-order chi connectivity index (χ0) is 9.68. The van der Waals surface area contributed by atoms with E-state index in [4.69, 9.17) is 5.26 Å². The molecule has 13 heavy (non-hydrogen) atoms. The van der Waals surface area contributed by atoms with Gasteiger partial charge in [0.15, 0.2) is 0 Å². The molecule has 2 nitrogen and oxygen atoms in total. The Morgan fingerprint density at radius 1 is 1.54 bits per heavy atom. The van der Waals surface area contributed by atoms with E-state index < -0.39 is 0 Å². The Balaban J connectivity index is 2.28. The molecule has 0 aromatic carbocycles. The molecule has 74 valence electrons. The predicted octanol–water partition coefficient (Wildman–Crippen LogP) is 2.41. The Hall–Kier alpha value is -0.550. The first-order valence-corrected chi connectivity index (χ1v) is 5.39. The largest absolute Gasteiger partial charge is 0.300 e. The van der Waals surface area contributed by atoms with Gasteiger partial charge in [-0.3, -0.25) is 4.90 Å². The summed E-state index contributed by atoms with van der Waals surface area (Å²) in [6.45, 7) is 6.64. The van der Waals surface area contributed by atoms with Crippen molar-refractivity contribution in [1.29, 1.82) is 5.26 Å². The summed E-state index contributed by atoms with van der Waals surface area (Å²) >= 11 is 0. The van der Waals surface area contributed by atoms with Gasteiger partial charge in [-0.25, -0.2) is 0 Å². The molecule has 0 bridgehead atoms. The maximum Gasteiger partial charge on any atom is 0.0638 e. The standard InChI is InChI=1S/C11H20N2/c1-3-13(10(2)7-8-12)9-11-5-4-6-11/h10-11H,3-7,9H2,1-2H3. The average Bonchev–Trinajstić information content (AvgIpc) is 2.03. The fraction of sp³-hybridized carbons (Fsp3) is 0.909. The van der Waals surface area contributed by atoms with Gasteiger partial charge in [0.25, 0.3) is 0 Å². The van der Waals surface area contributed by atoms with Crippen LogP contribution in [0.1, 0.15) is 39.5 Å². The van der Waals surface area contributed by atoms with Gasteiger partial charge in [-0.1, -0.05) is 13.3 Å². The number of rotatable bonds is 5. The van der Waals surface area contributed by atoms with Crippen molar-refractivity contribution in [2.75, 3.05) is 13.1 Å². The van der Waals surface area contributed by atoms with Crippen molar-refractivity contribution < 1.29 is 0 Å². The van der Waals surface area contributed by atoms with Crippen molar-refractivity contribution in [3.8, 4) is 6.07 Å².